The lowest BCUT2D eigenvalue weighted by atomic mass is 9.92. The maximum Gasteiger partial charge on any atom is 0.139 e. The van der Waals surface area contributed by atoms with E-state index in [-0.39, 0.29) is 5.41 Å². The largest absolute Gasteiger partial charge is 0.192 e. The first-order chi connectivity index (χ1) is 7.82. The van der Waals surface area contributed by atoms with E-state index in [0.29, 0.717) is 5.57 Å². The van der Waals surface area contributed by atoms with Crippen molar-refractivity contribution in [2.75, 3.05) is 27.4 Å². The minimum Gasteiger partial charge on any atom is -0.192 e. The Kier molecular flexibility index (Phi) is 4.43. The Morgan fingerprint density at radius 2 is 1.56 bits per heavy atom. The van der Waals surface area contributed by atoms with E-state index < -0.39 is 0 Å². The summed E-state index contributed by atoms with van der Waals surface area (Å²) in [5.74, 6) is 3.17. The van der Waals surface area contributed by atoms with Crippen LogP contribution in [-0.4, -0.2) is 27.4 Å². The van der Waals surface area contributed by atoms with Crippen molar-refractivity contribution < 1.29 is 0 Å². The summed E-state index contributed by atoms with van der Waals surface area (Å²) < 4.78 is 0. The highest BCUT2D eigenvalue weighted by atomic mass is 32.2. The summed E-state index contributed by atoms with van der Waals surface area (Å²) in [5.41, 5.74) is 0.426. The zero-order valence-corrected chi connectivity index (χ0v) is 11.8. The van der Waals surface area contributed by atoms with Gasteiger partial charge in [-0.2, -0.15) is 34.0 Å². The molecular formula is C10H10N2S4. The molecule has 2 heterocycles. The minimum atomic E-state index is 0.0853. The molecule has 0 aliphatic carbocycles. The third kappa shape index (κ3) is 2.36. The zero-order valence-electron chi connectivity index (χ0n) is 8.56. The third-order valence-corrected chi connectivity index (χ3v) is 8.19. The van der Waals surface area contributed by atoms with E-state index in [1.165, 1.54) is 0 Å². The molecule has 2 saturated heterocycles. The van der Waals surface area contributed by atoms with Gasteiger partial charge < -0.3 is 0 Å². The van der Waals surface area contributed by atoms with Gasteiger partial charge in [-0.3, -0.25) is 0 Å². The van der Waals surface area contributed by atoms with E-state index in [0.717, 1.165) is 32.3 Å². The number of hydrogen-bond acceptors (Lipinski definition) is 6. The highest BCUT2D eigenvalue weighted by Crippen LogP contribution is 2.52. The summed E-state index contributed by atoms with van der Waals surface area (Å²) in [6, 6.07) is 4.13. The lowest BCUT2D eigenvalue weighted by Gasteiger charge is -2.40. The van der Waals surface area contributed by atoms with Gasteiger partial charge in [0.2, 0.25) is 0 Å². The van der Waals surface area contributed by atoms with E-state index >= 15 is 0 Å². The number of nitriles is 2. The molecule has 0 bridgehead atoms. The summed E-state index contributed by atoms with van der Waals surface area (Å²) in [7, 11) is 0. The first kappa shape index (κ1) is 12.6. The molecule has 6 heteroatoms. The second-order valence-corrected chi connectivity index (χ2v) is 8.31. The molecule has 0 N–H and O–H groups in total. The molecule has 1 spiro atoms. The molecule has 0 radical (unpaired) electrons. The predicted molar refractivity (Wildman–Crippen MR) is 75.4 cm³/mol. The van der Waals surface area contributed by atoms with Crippen molar-refractivity contribution >= 4 is 47.0 Å². The molecule has 0 atom stereocenters. The Morgan fingerprint density at radius 1 is 1.00 bits per heavy atom. The summed E-state index contributed by atoms with van der Waals surface area (Å²) in [4.78, 5) is 1.05. The maximum absolute atomic E-state index is 9.03. The average Bonchev–Trinajstić information content (AvgIpc) is 2.34. The SMILES string of the molecule is N#CC(C#N)=C1SCSCC12CSCSC2. The van der Waals surface area contributed by atoms with Crippen molar-refractivity contribution in [3.05, 3.63) is 10.5 Å². The first-order valence-electron chi connectivity index (χ1n) is 4.73. The first-order valence-corrected chi connectivity index (χ1v) is 9.18. The van der Waals surface area contributed by atoms with Crippen molar-refractivity contribution in [2.24, 2.45) is 5.41 Å². The molecule has 0 aromatic heterocycles. The number of thioether (sulfide) groups is 4. The average molecular weight is 286 g/mol. The van der Waals surface area contributed by atoms with Gasteiger partial charge in [-0.25, -0.2) is 0 Å². The van der Waals surface area contributed by atoms with Gasteiger partial charge >= 0.3 is 0 Å². The van der Waals surface area contributed by atoms with Crippen LogP contribution in [0, 0.1) is 28.1 Å². The van der Waals surface area contributed by atoms with E-state index in [4.69, 9.17) is 10.5 Å². The van der Waals surface area contributed by atoms with Gasteiger partial charge in [-0.05, 0) is 0 Å². The molecule has 16 heavy (non-hydrogen) atoms. The lowest BCUT2D eigenvalue weighted by molar-refractivity contribution is 0.565. The number of allylic oxidation sites excluding steroid dienone is 2. The van der Waals surface area contributed by atoms with Crippen LogP contribution in [0.25, 0.3) is 0 Å². The van der Waals surface area contributed by atoms with E-state index in [1.54, 1.807) is 11.8 Å². The second-order valence-electron chi connectivity index (χ2n) is 3.63. The smallest absolute Gasteiger partial charge is 0.139 e. The summed E-state index contributed by atoms with van der Waals surface area (Å²) in [5, 5.41) is 20.2. The topological polar surface area (TPSA) is 47.6 Å². The van der Waals surface area contributed by atoms with E-state index in [1.807, 2.05) is 35.3 Å². The second kappa shape index (κ2) is 5.64. The zero-order chi connectivity index (χ0) is 11.4. The monoisotopic (exact) mass is 286 g/mol. The fourth-order valence-corrected chi connectivity index (χ4v) is 7.72. The van der Waals surface area contributed by atoms with Crippen molar-refractivity contribution in [1.29, 1.82) is 10.5 Å². The lowest BCUT2D eigenvalue weighted by Crippen LogP contribution is -2.36. The molecule has 84 valence electrons. The quantitative estimate of drug-likeness (QED) is 0.638. The van der Waals surface area contributed by atoms with Gasteiger partial charge in [0, 0.05) is 37.7 Å². The highest BCUT2D eigenvalue weighted by Gasteiger charge is 2.41. The van der Waals surface area contributed by atoms with Crippen LogP contribution in [0.5, 0.6) is 0 Å². The Morgan fingerprint density at radius 3 is 2.12 bits per heavy atom. The van der Waals surface area contributed by atoms with Gasteiger partial charge in [-0.1, -0.05) is 0 Å². The van der Waals surface area contributed by atoms with Gasteiger partial charge in [0.05, 0.1) is 0 Å². The molecule has 2 nitrogen and oxygen atoms in total. The van der Waals surface area contributed by atoms with Gasteiger partial charge in [-0.15, -0.1) is 23.5 Å². The van der Waals surface area contributed by atoms with Crippen LogP contribution < -0.4 is 0 Å². The van der Waals surface area contributed by atoms with Crippen LogP contribution in [0.15, 0.2) is 10.5 Å². The Bertz CT molecular complexity index is 360. The minimum absolute atomic E-state index is 0.0853. The molecule has 2 aliphatic rings. The van der Waals surface area contributed by atoms with Gasteiger partial charge in [0.15, 0.2) is 0 Å². The fraction of sp³-hybridized carbons (Fsp3) is 0.600. The van der Waals surface area contributed by atoms with Crippen LogP contribution in [0.1, 0.15) is 0 Å². The Labute approximate surface area is 113 Å². The molecule has 0 aromatic carbocycles. The van der Waals surface area contributed by atoms with E-state index in [2.05, 4.69) is 12.1 Å². The van der Waals surface area contributed by atoms with Crippen molar-refractivity contribution in [2.45, 2.75) is 0 Å². The highest BCUT2D eigenvalue weighted by molar-refractivity contribution is 8.19. The third-order valence-electron chi connectivity index (χ3n) is 2.52. The van der Waals surface area contributed by atoms with Gasteiger partial charge in [0.25, 0.3) is 0 Å². The number of rotatable bonds is 0. The molecule has 2 aliphatic heterocycles. The number of nitrogens with zero attached hydrogens (tertiary/aromatic N) is 2. The summed E-state index contributed by atoms with van der Waals surface area (Å²) in [6.07, 6.45) is 0. The van der Waals surface area contributed by atoms with Crippen LogP contribution in [0.4, 0.5) is 0 Å². The Hall–Kier alpha value is 0.120. The van der Waals surface area contributed by atoms with Gasteiger partial charge in [0.1, 0.15) is 17.7 Å². The fourth-order valence-electron chi connectivity index (χ4n) is 1.81. The number of hydrogen-bond donors (Lipinski definition) is 0. The summed E-state index contributed by atoms with van der Waals surface area (Å²) in [6.45, 7) is 0. The molecule has 0 saturated carbocycles. The standard InChI is InChI=1S/C10H10N2S4/c11-1-8(2-12)9-10(5-15-7-16-9)3-13-6-14-4-10/h3-7H2. The van der Waals surface area contributed by atoms with Crippen molar-refractivity contribution in [3.8, 4) is 12.1 Å². The van der Waals surface area contributed by atoms with Crippen molar-refractivity contribution in [3.63, 3.8) is 0 Å². The normalized spacial score (nSPS) is 23.5. The van der Waals surface area contributed by atoms with Crippen LogP contribution in [0.2, 0.25) is 0 Å². The predicted octanol–water partition coefficient (Wildman–Crippen LogP) is 3.15. The molecule has 2 rings (SSSR count). The van der Waals surface area contributed by atoms with E-state index in [9.17, 15) is 0 Å². The van der Waals surface area contributed by atoms with Crippen molar-refractivity contribution in [1.82, 2.24) is 0 Å². The molecular weight excluding hydrogens is 276 g/mol. The van der Waals surface area contributed by atoms with Crippen LogP contribution >= 0.6 is 47.0 Å². The molecule has 0 aromatic rings. The molecule has 0 amide bonds. The molecule has 0 unspecified atom stereocenters. The maximum atomic E-state index is 9.03. The van der Waals surface area contributed by atoms with Crippen LogP contribution in [-0.2, 0) is 0 Å². The molecule has 2 fully saturated rings. The van der Waals surface area contributed by atoms with Crippen LogP contribution in [0.3, 0.4) is 0 Å². The Balaban J connectivity index is 2.37. The summed E-state index contributed by atoms with van der Waals surface area (Å²) >= 11 is 7.47.